The van der Waals surface area contributed by atoms with Gasteiger partial charge in [0, 0.05) is 13.0 Å². The molecule has 0 bridgehead atoms. The van der Waals surface area contributed by atoms with E-state index >= 15 is 0 Å². The van der Waals surface area contributed by atoms with Crippen molar-refractivity contribution >= 4 is 39.1 Å². The second-order valence-corrected chi connectivity index (χ2v) is 5.04. The first-order valence-corrected chi connectivity index (χ1v) is 5.52. The van der Waals surface area contributed by atoms with Crippen molar-refractivity contribution in [2.75, 3.05) is 6.54 Å². The summed E-state index contributed by atoms with van der Waals surface area (Å²) < 4.78 is 0.901. The van der Waals surface area contributed by atoms with Crippen molar-refractivity contribution in [3.63, 3.8) is 0 Å². The lowest BCUT2D eigenvalue weighted by Crippen LogP contribution is -2.27. The summed E-state index contributed by atoms with van der Waals surface area (Å²) in [6.07, 6.45) is 0.165. The highest BCUT2D eigenvalue weighted by Gasteiger charge is 2.07. The summed E-state index contributed by atoms with van der Waals surface area (Å²) in [7, 11) is 0. The second-order valence-electron chi connectivity index (χ2n) is 2.58. The molecule has 0 atom stereocenters. The molecule has 3 N–H and O–H groups in total. The van der Waals surface area contributed by atoms with Crippen LogP contribution in [0.3, 0.4) is 0 Å². The molecule has 0 radical (unpaired) electrons. The van der Waals surface area contributed by atoms with E-state index in [-0.39, 0.29) is 18.9 Å². The number of hydrogen-bond donors (Lipinski definition) is 2. The smallest absolute Gasteiger partial charge is 0.261 e. The molecule has 4 nitrogen and oxygen atoms in total. The summed E-state index contributed by atoms with van der Waals surface area (Å²) in [5.74, 6) is -0.598. The Morgan fingerprint density at radius 3 is 2.71 bits per heavy atom. The van der Waals surface area contributed by atoms with E-state index < -0.39 is 5.91 Å². The van der Waals surface area contributed by atoms with Crippen molar-refractivity contribution in [2.24, 2.45) is 5.73 Å². The van der Waals surface area contributed by atoms with Gasteiger partial charge in [-0.3, -0.25) is 9.59 Å². The monoisotopic (exact) mass is 276 g/mol. The number of carbonyl (C=O) groups is 2. The van der Waals surface area contributed by atoms with E-state index in [1.807, 2.05) is 0 Å². The maximum absolute atomic E-state index is 11.4. The van der Waals surface area contributed by atoms with Crippen molar-refractivity contribution in [1.29, 1.82) is 0 Å². The molecule has 2 amide bonds. The lowest BCUT2D eigenvalue weighted by Gasteiger charge is -2.00. The minimum Gasteiger partial charge on any atom is -0.370 e. The highest BCUT2D eigenvalue weighted by atomic mass is 79.9. The minimum atomic E-state index is -0.419. The molecule has 0 saturated carbocycles. The molecule has 0 aliphatic heterocycles. The third-order valence-electron chi connectivity index (χ3n) is 1.45. The zero-order valence-corrected chi connectivity index (χ0v) is 9.65. The van der Waals surface area contributed by atoms with E-state index in [2.05, 4.69) is 21.2 Å². The molecule has 14 heavy (non-hydrogen) atoms. The van der Waals surface area contributed by atoms with Gasteiger partial charge in [0.25, 0.3) is 5.91 Å². The summed E-state index contributed by atoms with van der Waals surface area (Å²) in [5.41, 5.74) is 4.93. The van der Waals surface area contributed by atoms with Crippen LogP contribution in [-0.2, 0) is 4.79 Å². The fourth-order valence-electron chi connectivity index (χ4n) is 0.823. The van der Waals surface area contributed by atoms with E-state index in [0.717, 1.165) is 3.79 Å². The summed E-state index contributed by atoms with van der Waals surface area (Å²) >= 11 is 4.60. The Morgan fingerprint density at radius 1 is 1.50 bits per heavy atom. The summed E-state index contributed by atoms with van der Waals surface area (Å²) in [6, 6.07) is 3.52. The van der Waals surface area contributed by atoms with Crippen molar-refractivity contribution in [3.05, 3.63) is 20.8 Å². The topological polar surface area (TPSA) is 72.2 Å². The number of amides is 2. The molecule has 0 spiro atoms. The molecule has 0 saturated heterocycles. The molecule has 0 aromatic carbocycles. The molecule has 76 valence electrons. The van der Waals surface area contributed by atoms with Gasteiger partial charge in [-0.2, -0.15) is 0 Å². The van der Waals surface area contributed by atoms with Crippen LogP contribution < -0.4 is 11.1 Å². The Kier molecular flexibility index (Phi) is 4.09. The maximum Gasteiger partial charge on any atom is 0.261 e. The molecule has 0 fully saturated rings. The van der Waals surface area contributed by atoms with Gasteiger partial charge in [-0.1, -0.05) is 0 Å². The van der Waals surface area contributed by atoms with Crippen LogP contribution in [0.15, 0.2) is 15.9 Å². The molecule has 6 heteroatoms. The van der Waals surface area contributed by atoms with Crippen LogP contribution >= 0.6 is 27.3 Å². The highest BCUT2D eigenvalue weighted by Crippen LogP contribution is 2.21. The highest BCUT2D eigenvalue weighted by molar-refractivity contribution is 9.11. The van der Waals surface area contributed by atoms with Crippen molar-refractivity contribution in [2.45, 2.75) is 6.42 Å². The number of rotatable bonds is 4. The molecule has 1 rings (SSSR count). The van der Waals surface area contributed by atoms with E-state index in [9.17, 15) is 9.59 Å². The molecular weight excluding hydrogens is 268 g/mol. The Labute approximate surface area is 93.6 Å². The van der Waals surface area contributed by atoms with Crippen LogP contribution in [0.5, 0.6) is 0 Å². The predicted molar refractivity (Wildman–Crippen MR) is 58.2 cm³/mol. The standard InChI is InChI=1S/C8H9BrN2O2S/c9-6-2-1-5(14-6)8(13)11-4-3-7(10)12/h1-2H,3-4H2,(H2,10,12)(H,11,13). The van der Waals surface area contributed by atoms with Gasteiger partial charge in [-0.05, 0) is 28.1 Å². The van der Waals surface area contributed by atoms with Gasteiger partial charge in [-0.25, -0.2) is 0 Å². The summed E-state index contributed by atoms with van der Waals surface area (Å²) in [4.78, 5) is 22.4. The quantitative estimate of drug-likeness (QED) is 0.865. The molecule has 0 unspecified atom stereocenters. The predicted octanol–water partition coefficient (Wildman–Crippen LogP) is 1.12. The Hall–Kier alpha value is -0.880. The number of halogens is 1. The van der Waals surface area contributed by atoms with Gasteiger partial charge < -0.3 is 11.1 Å². The number of nitrogens with two attached hydrogens (primary N) is 1. The number of carbonyl (C=O) groups excluding carboxylic acids is 2. The lowest BCUT2D eigenvalue weighted by atomic mass is 10.4. The number of primary amides is 1. The van der Waals surface area contributed by atoms with Crippen molar-refractivity contribution < 1.29 is 9.59 Å². The SMILES string of the molecule is NC(=O)CCNC(=O)c1ccc(Br)s1. The Morgan fingerprint density at radius 2 is 2.21 bits per heavy atom. The maximum atomic E-state index is 11.4. The zero-order chi connectivity index (χ0) is 10.6. The Balaban J connectivity index is 2.39. The zero-order valence-electron chi connectivity index (χ0n) is 7.25. The van der Waals surface area contributed by atoms with E-state index in [4.69, 9.17) is 5.73 Å². The van der Waals surface area contributed by atoms with E-state index in [1.165, 1.54) is 11.3 Å². The number of hydrogen-bond acceptors (Lipinski definition) is 3. The van der Waals surface area contributed by atoms with Gasteiger partial charge in [0.15, 0.2) is 0 Å². The molecular formula is C8H9BrN2O2S. The Bertz CT molecular complexity index is 351. The van der Waals surface area contributed by atoms with Gasteiger partial charge in [0.1, 0.15) is 0 Å². The number of thiophene rings is 1. The normalized spacial score (nSPS) is 9.79. The lowest BCUT2D eigenvalue weighted by molar-refractivity contribution is -0.117. The van der Waals surface area contributed by atoms with Crippen LogP contribution in [0.25, 0.3) is 0 Å². The summed E-state index contributed by atoms with van der Waals surface area (Å²) in [5, 5.41) is 2.59. The molecule has 0 aliphatic rings. The molecule has 1 aromatic heterocycles. The van der Waals surface area contributed by atoms with Crippen LogP contribution in [0.2, 0.25) is 0 Å². The summed E-state index contributed by atoms with van der Waals surface area (Å²) in [6.45, 7) is 0.281. The van der Waals surface area contributed by atoms with Crippen molar-refractivity contribution in [3.8, 4) is 0 Å². The van der Waals surface area contributed by atoms with Crippen LogP contribution in [-0.4, -0.2) is 18.4 Å². The van der Waals surface area contributed by atoms with Crippen LogP contribution in [0.1, 0.15) is 16.1 Å². The average Bonchev–Trinajstić information content (AvgIpc) is 2.51. The second kappa shape index (κ2) is 5.11. The minimum absolute atomic E-state index is 0.165. The van der Waals surface area contributed by atoms with Crippen molar-refractivity contribution in [1.82, 2.24) is 5.32 Å². The third kappa shape index (κ3) is 3.47. The molecule has 1 heterocycles. The first kappa shape index (κ1) is 11.2. The fourth-order valence-corrected chi connectivity index (χ4v) is 2.13. The number of nitrogens with one attached hydrogen (secondary N) is 1. The third-order valence-corrected chi connectivity index (χ3v) is 3.08. The van der Waals surface area contributed by atoms with Gasteiger partial charge in [0.2, 0.25) is 5.91 Å². The van der Waals surface area contributed by atoms with E-state index in [1.54, 1.807) is 12.1 Å². The molecule has 0 aliphatic carbocycles. The average molecular weight is 277 g/mol. The largest absolute Gasteiger partial charge is 0.370 e. The van der Waals surface area contributed by atoms with Crippen LogP contribution in [0, 0.1) is 0 Å². The van der Waals surface area contributed by atoms with Gasteiger partial charge in [-0.15, -0.1) is 11.3 Å². The first-order chi connectivity index (χ1) is 6.59. The molecule has 1 aromatic rings. The van der Waals surface area contributed by atoms with Gasteiger partial charge >= 0.3 is 0 Å². The van der Waals surface area contributed by atoms with Gasteiger partial charge in [0.05, 0.1) is 8.66 Å². The van der Waals surface area contributed by atoms with E-state index in [0.29, 0.717) is 4.88 Å². The fraction of sp³-hybridized carbons (Fsp3) is 0.250. The van der Waals surface area contributed by atoms with Crippen LogP contribution in [0.4, 0.5) is 0 Å². The first-order valence-electron chi connectivity index (χ1n) is 3.91.